The molecular formula is C27H38N4O3S. The Morgan fingerprint density at radius 2 is 1.69 bits per heavy atom. The fraction of sp³-hybridized carbons (Fsp3) is 0.519. The lowest BCUT2D eigenvalue weighted by molar-refractivity contribution is -0.117. The van der Waals surface area contributed by atoms with Gasteiger partial charge in [-0.3, -0.25) is 9.69 Å². The highest BCUT2D eigenvalue weighted by atomic mass is 32.2. The number of hydrogen-bond donors (Lipinski definition) is 1. The predicted molar refractivity (Wildman–Crippen MR) is 141 cm³/mol. The average molecular weight is 499 g/mol. The Kier molecular flexibility index (Phi) is 8.14. The van der Waals surface area contributed by atoms with Gasteiger partial charge in [-0.2, -0.15) is 4.31 Å². The van der Waals surface area contributed by atoms with Crippen molar-refractivity contribution in [3.8, 4) is 0 Å². The van der Waals surface area contributed by atoms with Gasteiger partial charge in [-0.1, -0.05) is 25.5 Å². The molecule has 2 heterocycles. The van der Waals surface area contributed by atoms with Crippen molar-refractivity contribution in [2.24, 2.45) is 0 Å². The molecule has 7 nitrogen and oxygen atoms in total. The van der Waals surface area contributed by atoms with Crippen molar-refractivity contribution in [1.82, 2.24) is 9.21 Å². The molecule has 2 saturated heterocycles. The molecule has 1 N–H and O–H groups in total. The van der Waals surface area contributed by atoms with E-state index in [4.69, 9.17) is 0 Å². The van der Waals surface area contributed by atoms with Gasteiger partial charge in [-0.15, -0.1) is 0 Å². The van der Waals surface area contributed by atoms with Crippen LogP contribution < -0.4 is 10.2 Å². The number of anilines is 2. The van der Waals surface area contributed by atoms with Crippen LogP contribution in [0.3, 0.4) is 0 Å². The van der Waals surface area contributed by atoms with Gasteiger partial charge in [0.1, 0.15) is 0 Å². The van der Waals surface area contributed by atoms with Crippen LogP contribution in [0.1, 0.15) is 43.7 Å². The summed E-state index contributed by atoms with van der Waals surface area (Å²) in [7, 11) is -3.52. The summed E-state index contributed by atoms with van der Waals surface area (Å²) in [6, 6.07) is 13.1. The van der Waals surface area contributed by atoms with Gasteiger partial charge in [-0.25, -0.2) is 8.42 Å². The fourth-order valence-electron chi connectivity index (χ4n) is 5.17. The Bertz CT molecular complexity index is 1130. The van der Waals surface area contributed by atoms with E-state index >= 15 is 0 Å². The number of amides is 1. The van der Waals surface area contributed by atoms with Gasteiger partial charge in [-0.05, 0) is 74.6 Å². The molecule has 1 amide bonds. The summed E-state index contributed by atoms with van der Waals surface area (Å²) in [6.45, 7) is 10.7. The summed E-state index contributed by atoms with van der Waals surface area (Å²) >= 11 is 0. The quantitative estimate of drug-likeness (QED) is 0.624. The minimum Gasteiger partial charge on any atom is -0.369 e. The van der Waals surface area contributed by atoms with E-state index in [2.05, 4.69) is 47.2 Å². The lowest BCUT2D eigenvalue weighted by atomic mass is 10.0. The van der Waals surface area contributed by atoms with Crippen LogP contribution in [0.2, 0.25) is 0 Å². The molecular weight excluding hydrogens is 460 g/mol. The zero-order valence-electron chi connectivity index (χ0n) is 21.2. The van der Waals surface area contributed by atoms with Crippen LogP contribution >= 0.6 is 0 Å². The second-order valence-electron chi connectivity index (χ2n) is 9.73. The maximum atomic E-state index is 13.1. The monoisotopic (exact) mass is 498 g/mol. The summed E-state index contributed by atoms with van der Waals surface area (Å²) in [6.07, 6.45) is 3.73. The van der Waals surface area contributed by atoms with Gasteiger partial charge in [0, 0.05) is 50.1 Å². The van der Waals surface area contributed by atoms with E-state index in [9.17, 15) is 13.2 Å². The summed E-state index contributed by atoms with van der Waals surface area (Å²) in [5, 5.41) is 2.92. The van der Waals surface area contributed by atoms with Gasteiger partial charge in [0.25, 0.3) is 0 Å². The average Bonchev–Trinajstić information content (AvgIpc) is 2.86. The Labute approximate surface area is 210 Å². The standard InChI is InChI=1S/C27H38N4O3S/c1-4-24-9-5-6-15-31(24)35(33,34)25-13-11-23(12-14-25)28-27(32)20-29-16-18-30(19-17-29)26-10-7-8-21(2)22(26)3/h7-8,10-14,24H,4-6,9,15-20H2,1-3H3,(H,28,32). The number of nitrogens with one attached hydrogen (secondary N) is 1. The van der Waals surface area contributed by atoms with Crippen LogP contribution in [0.5, 0.6) is 0 Å². The first-order valence-corrected chi connectivity index (χ1v) is 14.2. The predicted octanol–water partition coefficient (Wildman–Crippen LogP) is 4.02. The fourth-order valence-corrected chi connectivity index (χ4v) is 6.94. The van der Waals surface area contributed by atoms with Crippen molar-refractivity contribution in [3.63, 3.8) is 0 Å². The molecule has 0 radical (unpaired) electrons. The lowest BCUT2D eigenvalue weighted by Crippen LogP contribution is -2.48. The van der Waals surface area contributed by atoms with E-state index in [1.54, 1.807) is 28.6 Å². The SMILES string of the molecule is CCC1CCCCN1S(=O)(=O)c1ccc(NC(=O)CN2CCN(c3cccc(C)c3C)CC2)cc1. The van der Waals surface area contributed by atoms with Crippen LogP contribution in [0.25, 0.3) is 0 Å². The number of sulfonamides is 1. The van der Waals surface area contributed by atoms with E-state index in [1.165, 1.54) is 16.8 Å². The Morgan fingerprint density at radius 3 is 2.37 bits per heavy atom. The number of nitrogens with zero attached hydrogens (tertiary/aromatic N) is 3. The van der Waals surface area contributed by atoms with Gasteiger partial charge in [0.2, 0.25) is 15.9 Å². The maximum absolute atomic E-state index is 13.1. The molecule has 0 bridgehead atoms. The molecule has 0 aliphatic carbocycles. The van der Waals surface area contributed by atoms with Crippen LogP contribution in [-0.4, -0.2) is 68.8 Å². The molecule has 2 aliphatic rings. The minimum absolute atomic E-state index is 0.0726. The highest BCUT2D eigenvalue weighted by molar-refractivity contribution is 7.89. The van der Waals surface area contributed by atoms with Gasteiger partial charge < -0.3 is 10.2 Å². The maximum Gasteiger partial charge on any atom is 0.243 e. The van der Waals surface area contributed by atoms with Crippen molar-refractivity contribution >= 4 is 27.3 Å². The van der Waals surface area contributed by atoms with Crippen molar-refractivity contribution < 1.29 is 13.2 Å². The Morgan fingerprint density at radius 1 is 0.971 bits per heavy atom. The lowest BCUT2D eigenvalue weighted by Gasteiger charge is -2.36. The van der Waals surface area contributed by atoms with Crippen LogP contribution in [0, 0.1) is 13.8 Å². The van der Waals surface area contributed by atoms with E-state index in [0.29, 0.717) is 23.7 Å². The first-order chi connectivity index (χ1) is 16.8. The second-order valence-corrected chi connectivity index (χ2v) is 11.6. The molecule has 1 atom stereocenters. The smallest absolute Gasteiger partial charge is 0.243 e. The van der Waals surface area contributed by atoms with Gasteiger partial charge in [0.15, 0.2) is 0 Å². The number of hydrogen-bond acceptors (Lipinski definition) is 5. The molecule has 2 aromatic carbocycles. The molecule has 0 aromatic heterocycles. The molecule has 8 heteroatoms. The van der Waals surface area contributed by atoms with E-state index in [1.807, 2.05) is 6.92 Å². The van der Waals surface area contributed by atoms with E-state index in [0.717, 1.165) is 51.9 Å². The number of aryl methyl sites for hydroxylation is 1. The molecule has 2 aromatic rings. The molecule has 190 valence electrons. The highest BCUT2D eigenvalue weighted by Crippen LogP contribution is 2.28. The highest BCUT2D eigenvalue weighted by Gasteiger charge is 2.32. The van der Waals surface area contributed by atoms with E-state index in [-0.39, 0.29) is 11.9 Å². The van der Waals surface area contributed by atoms with Gasteiger partial charge in [0.05, 0.1) is 11.4 Å². The molecule has 4 rings (SSSR count). The summed E-state index contributed by atoms with van der Waals surface area (Å²) < 4.78 is 28.0. The van der Waals surface area contributed by atoms with Gasteiger partial charge >= 0.3 is 0 Å². The van der Waals surface area contributed by atoms with Crippen LogP contribution in [-0.2, 0) is 14.8 Å². The zero-order chi connectivity index (χ0) is 25.0. The van der Waals surface area contributed by atoms with Crippen molar-refractivity contribution in [1.29, 1.82) is 0 Å². The third-order valence-electron chi connectivity index (χ3n) is 7.45. The first-order valence-electron chi connectivity index (χ1n) is 12.7. The second kappa shape index (κ2) is 11.1. The number of carbonyl (C=O) groups excluding carboxylic acids is 1. The van der Waals surface area contributed by atoms with Crippen molar-refractivity contribution in [2.45, 2.75) is 57.4 Å². The number of piperidine rings is 1. The number of carbonyl (C=O) groups is 1. The minimum atomic E-state index is -3.52. The number of rotatable bonds is 7. The normalized spacial score (nSPS) is 20.1. The Hall–Kier alpha value is -2.42. The van der Waals surface area contributed by atoms with E-state index < -0.39 is 10.0 Å². The van der Waals surface area contributed by atoms with Crippen molar-refractivity contribution in [3.05, 3.63) is 53.6 Å². The third-order valence-corrected chi connectivity index (χ3v) is 9.41. The molecule has 35 heavy (non-hydrogen) atoms. The van der Waals surface area contributed by atoms with Crippen molar-refractivity contribution in [2.75, 3.05) is 49.5 Å². The molecule has 0 spiro atoms. The Balaban J connectivity index is 1.30. The summed E-state index contributed by atoms with van der Waals surface area (Å²) in [5.41, 5.74) is 4.51. The molecule has 1 unspecified atom stereocenters. The first kappa shape index (κ1) is 25.7. The number of piperazine rings is 1. The summed E-state index contributed by atoms with van der Waals surface area (Å²) in [5.74, 6) is -0.0807. The number of benzene rings is 2. The molecule has 0 saturated carbocycles. The molecule has 2 fully saturated rings. The summed E-state index contributed by atoms with van der Waals surface area (Å²) in [4.78, 5) is 17.5. The largest absolute Gasteiger partial charge is 0.369 e. The third kappa shape index (κ3) is 5.88. The van der Waals surface area contributed by atoms with Crippen LogP contribution in [0.4, 0.5) is 11.4 Å². The topological polar surface area (TPSA) is 73.0 Å². The van der Waals surface area contributed by atoms with Crippen LogP contribution in [0.15, 0.2) is 47.4 Å². The zero-order valence-corrected chi connectivity index (χ0v) is 22.0. The molecule has 2 aliphatic heterocycles.